The lowest BCUT2D eigenvalue weighted by Crippen LogP contribution is -2.43. The van der Waals surface area contributed by atoms with Gasteiger partial charge in [0.25, 0.3) is 0 Å². The summed E-state index contributed by atoms with van der Waals surface area (Å²) in [6.07, 6.45) is 1.74. The second-order valence-corrected chi connectivity index (χ2v) is 4.43. The maximum absolute atomic E-state index is 11.4. The van der Waals surface area contributed by atoms with Crippen LogP contribution in [0.4, 0.5) is 0 Å². The Labute approximate surface area is 87.5 Å². The van der Waals surface area contributed by atoms with E-state index in [0.29, 0.717) is 6.54 Å². The molecule has 4 nitrogen and oxygen atoms in total. The van der Waals surface area contributed by atoms with E-state index in [0.717, 1.165) is 4.88 Å². The van der Waals surface area contributed by atoms with E-state index in [4.69, 9.17) is 5.73 Å². The zero-order valence-electron chi connectivity index (χ0n) is 8.36. The van der Waals surface area contributed by atoms with Gasteiger partial charge in [0.05, 0.1) is 18.1 Å². The minimum atomic E-state index is -0.428. The first-order chi connectivity index (χ1) is 6.61. The third kappa shape index (κ3) is 3.08. The highest BCUT2D eigenvalue weighted by Gasteiger charge is 2.16. The fourth-order valence-corrected chi connectivity index (χ4v) is 1.46. The number of nitrogens with zero attached hydrogens (tertiary/aromatic N) is 1. The molecule has 0 aliphatic rings. The highest BCUT2D eigenvalue weighted by atomic mass is 32.1. The summed E-state index contributed by atoms with van der Waals surface area (Å²) in [4.78, 5) is 16.4. The number of amides is 1. The molecule has 78 valence electrons. The SMILES string of the molecule is CC(C)[C@H](N)C(=O)NCc1cncs1. The molecule has 1 atom stereocenters. The van der Waals surface area contributed by atoms with Gasteiger partial charge in [-0.1, -0.05) is 13.8 Å². The van der Waals surface area contributed by atoms with Crippen LogP contribution in [0.3, 0.4) is 0 Å². The summed E-state index contributed by atoms with van der Waals surface area (Å²) in [5.41, 5.74) is 7.42. The number of thiazole rings is 1. The number of hydrogen-bond acceptors (Lipinski definition) is 4. The van der Waals surface area contributed by atoms with Crippen LogP contribution in [0.5, 0.6) is 0 Å². The standard InChI is InChI=1S/C9H15N3OS/c1-6(2)8(10)9(13)12-4-7-3-11-5-14-7/h3,5-6,8H,4,10H2,1-2H3,(H,12,13)/t8-/m0/s1. The number of carbonyl (C=O) groups is 1. The van der Waals surface area contributed by atoms with Gasteiger partial charge in [0.1, 0.15) is 0 Å². The van der Waals surface area contributed by atoms with Crippen molar-refractivity contribution in [3.05, 3.63) is 16.6 Å². The predicted molar refractivity (Wildman–Crippen MR) is 56.8 cm³/mol. The Bertz CT molecular complexity index is 284. The molecule has 0 aliphatic carbocycles. The average Bonchev–Trinajstić information content (AvgIpc) is 2.65. The van der Waals surface area contributed by atoms with Gasteiger partial charge in [-0.05, 0) is 5.92 Å². The van der Waals surface area contributed by atoms with Gasteiger partial charge in [0, 0.05) is 11.1 Å². The number of carbonyl (C=O) groups excluding carboxylic acids is 1. The molecule has 0 spiro atoms. The summed E-state index contributed by atoms with van der Waals surface area (Å²) in [6.45, 7) is 4.37. The van der Waals surface area contributed by atoms with Crippen molar-refractivity contribution in [2.75, 3.05) is 0 Å². The summed E-state index contributed by atoms with van der Waals surface area (Å²) < 4.78 is 0. The minimum absolute atomic E-state index is 0.103. The summed E-state index contributed by atoms with van der Waals surface area (Å²) >= 11 is 1.52. The molecule has 0 radical (unpaired) electrons. The zero-order valence-corrected chi connectivity index (χ0v) is 9.17. The molecule has 1 rings (SSSR count). The molecular weight excluding hydrogens is 198 g/mol. The van der Waals surface area contributed by atoms with Gasteiger partial charge in [-0.3, -0.25) is 9.78 Å². The van der Waals surface area contributed by atoms with E-state index in [-0.39, 0.29) is 11.8 Å². The van der Waals surface area contributed by atoms with Crippen molar-refractivity contribution in [1.29, 1.82) is 0 Å². The Morgan fingerprint density at radius 2 is 2.43 bits per heavy atom. The summed E-state index contributed by atoms with van der Waals surface area (Å²) in [5, 5.41) is 2.77. The molecule has 1 aromatic heterocycles. The fourth-order valence-electron chi connectivity index (χ4n) is 0.924. The second kappa shape index (κ2) is 5.07. The quantitative estimate of drug-likeness (QED) is 0.775. The number of rotatable bonds is 4. The highest BCUT2D eigenvalue weighted by molar-refractivity contribution is 7.09. The summed E-state index contributed by atoms with van der Waals surface area (Å²) in [6, 6.07) is -0.428. The molecule has 5 heteroatoms. The Hall–Kier alpha value is -0.940. The molecule has 3 N–H and O–H groups in total. The smallest absolute Gasteiger partial charge is 0.237 e. The number of hydrogen-bond donors (Lipinski definition) is 2. The first-order valence-electron chi connectivity index (χ1n) is 4.52. The Morgan fingerprint density at radius 3 is 2.93 bits per heavy atom. The van der Waals surface area contributed by atoms with Gasteiger partial charge in [-0.15, -0.1) is 11.3 Å². The van der Waals surface area contributed by atoms with Crippen LogP contribution >= 0.6 is 11.3 Å². The monoisotopic (exact) mass is 213 g/mol. The number of aromatic nitrogens is 1. The van der Waals surface area contributed by atoms with Crippen molar-refractivity contribution < 1.29 is 4.79 Å². The van der Waals surface area contributed by atoms with E-state index in [1.807, 2.05) is 13.8 Å². The van der Waals surface area contributed by atoms with Gasteiger partial charge < -0.3 is 11.1 Å². The molecule has 0 fully saturated rings. The number of nitrogens with one attached hydrogen (secondary N) is 1. The minimum Gasteiger partial charge on any atom is -0.350 e. The van der Waals surface area contributed by atoms with Crippen LogP contribution in [0.25, 0.3) is 0 Å². The molecule has 1 heterocycles. The van der Waals surface area contributed by atoms with Crippen LogP contribution in [0.2, 0.25) is 0 Å². The zero-order chi connectivity index (χ0) is 10.6. The molecular formula is C9H15N3OS. The first-order valence-corrected chi connectivity index (χ1v) is 5.40. The third-order valence-electron chi connectivity index (χ3n) is 1.94. The molecule has 0 bridgehead atoms. The molecule has 0 aliphatic heterocycles. The topological polar surface area (TPSA) is 68.0 Å². The van der Waals surface area contributed by atoms with Crippen molar-refractivity contribution in [3.63, 3.8) is 0 Å². The summed E-state index contributed by atoms with van der Waals surface area (Å²) in [7, 11) is 0. The van der Waals surface area contributed by atoms with Gasteiger partial charge in [0.15, 0.2) is 0 Å². The van der Waals surface area contributed by atoms with Gasteiger partial charge >= 0.3 is 0 Å². The van der Waals surface area contributed by atoms with E-state index in [1.54, 1.807) is 11.7 Å². The molecule has 0 saturated heterocycles. The molecule has 0 aromatic carbocycles. The molecule has 1 aromatic rings. The Balaban J connectivity index is 2.35. The normalized spacial score (nSPS) is 12.9. The fraction of sp³-hybridized carbons (Fsp3) is 0.556. The first kappa shape index (κ1) is 11.1. The van der Waals surface area contributed by atoms with Crippen LogP contribution in [-0.2, 0) is 11.3 Å². The van der Waals surface area contributed by atoms with Gasteiger partial charge in [-0.2, -0.15) is 0 Å². The van der Waals surface area contributed by atoms with E-state index in [1.165, 1.54) is 11.3 Å². The van der Waals surface area contributed by atoms with Crippen LogP contribution in [-0.4, -0.2) is 16.9 Å². The lowest BCUT2D eigenvalue weighted by atomic mass is 10.1. The maximum Gasteiger partial charge on any atom is 0.237 e. The van der Waals surface area contributed by atoms with Crippen LogP contribution in [0.15, 0.2) is 11.7 Å². The molecule has 1 amide bonds. The van der Waals surface area contributed by atoms with Crippen molar-refractivity contribution in [2.24, 2.45) is 11.7 Å². The summed E-state index contributed by atoms with van der Waals surface area (Å²) in [5.74, 6) is 0.0601. The number of nitrogens with two attached hydrogens (primary N) is 1. The lowest BCUT2D eigenvalue weighted by Gasteiger charge is -2.14. The average molecular weight is 213 g/mol. The van der Waals surface area contributed by atoms with Crippen molar-refractivity contribution in [1.82, 2.24) is 10.3 Å². The van der Waals surface area contributed by atoms with Crippen LogP contribution in [0.1, 0.15) is 18.7 Å². The van der Waals surface area contributed by atoms with E-state index in [9.17, 15) is 4.79 Å². The van der Waals surface area contributed by atoms with Gasteiger partial charge in [-0.25, -0.2) is 0 Å². The van der Waals surface area contributed by atoms with Crippen molar-refractivity contribution >= 4 is 17.2 Å². The van der Waals surface area contributed by atoms with E-state index >= 15 is 0 Å². The Kier molecular flexibility index (Phi) is 4.03. The van der Waals surface area contributed by atoms with Crippen LogP contribution in [0, 0.1) is 5.92 Å². The Morgan fingerprint density at radius 1 is 1.71 bits per heavy atom. The van der Waals surface area contributed by atoms with Crippen molar-refractivity contribution in [3.8, 4) is 0 Å². The van der Waals surface area contributed by atoms with Crippen molar-refractivity contribution in [2.45, 2.75) is 26.4 Å². The third-order valence-corrected chi connectivity index (χ3v) is 2.72. The van der Waals surface area contributed by atoms with E-state index < -0.39 is 6.04 Å². The maximum atomic E-state index is 11.4. The van der Waals surface area contributed by atoms with Gasteiger partial charge in [0.2, 0.25) is 5.91 Å². The molecule has 14 heavy (non-hydrogen) atoms. The molecule has 0 unspecified atom stereocenters. The van der Waals surface area contributed by atoms with Crippen LogP contribution < -0.4 is 11.1 Å². The highest BCUT2D eigenvalue weighted by Crippen LogP contribution is 2.05. The predicted octanol–water partition coefficient (Wildman–Crippen LogP) is 0.743. The second-order valence-electron chi connectivity index (χ2n) is 3.46. The largest absolute Gasteiger partial charge is 0.350 e. The lowest BCUT2D eigenvalue weighted by molar-refractivity contribution is -0.123. The molecule has 0 saturated carbocycles. The van der Waals surface area contributed by atoms with E-state index in [2.05, 4.69) is 10.3 Å².